The Morgan fingerprint density at radius 1 is 0.889 bits per heavy atom. The lowest BCUT2D eigenvalue weighted by molar-refractivity contribution is -0.131. The first-order valence-electron chi connectivity index (χ1n) is 7.79. The van der Waals surface area contributed by atoms with Crippen LogP contribution in [0.3, 0.4) is 0 Å². The van der Waals surface area contributed by atoms with Crippen molar-refractivity contribution in [3.05, 3.63) is 70.0 Å². The van der Waals surface area contributed by atoms with Crippen molar-refractivity contribution in [2.45, 2.75) is 25.9 Å². The number of nitrogens with one attached hydrogen (secondary N) is 1. The van der Waals surface area contributed by atoms with Crippen LogP contribution in [0.1, 0.15) is 23.6 Å². The number of benzene rings is 2. The number of rotatable bonds is 3. The number of carbonyl (C=O) groups excluding carboxylic acids is 2. The summed E-state index contributed by atoms with van der Waals surface area (Å²) in [4.78, 5) is 25.3. The van der Waals surface area contributed by atoms with Crippen LogP contribution in [-0.2, 0) is 16.9 Å². The zero-order valence-corrected chi connectivity index (χ0v) is 14.2. The molecule has 1 fully saturated rings. The van der Waals surface area contributed by atoms with Crippen molar-refractivity contribution in [3.63, 3.8) is 0 Å². The maximum atomic E-state index is 13.9. The molecule has 2 aromatic rings. The van der Waals surface area contributed by atoms with Gasteiger partial charge in [0.15, 0.2) is 23.3 Å². The summed E-state index contributed by atoms with van der Waals surface area (Å²) >= 11 is 0. The molecule has 4 nitrogen and oxygen atoms in total. The minimum atomic E-state index is -2.31. The van der Waals surface area contributed by atoms with Crippen molar-refractivity contribution in [2.24, 2.45) is 0 Å². The summed E-state index contributed by atoms with van der Waals surface area (Å²) in [6, 6.07) is 5.58. The molecule has 1 aliphatic rings. The van der Waals surface area contributed by atoms with Gasteiger partial charge < -0.3 is 5.32 Å². The molecule has 0 unspecified atom stereocenters. The smallest absolute Gasteiger partial charge is 0.319 e. The SMILES string of the molecule is Cc1ccc([C@]2(C)NC(=O)N(Cc3c(F)c(F)c(F)c(F)c3F)C2=O)cc1. The first-order chi connectivity index (χ1) is 12.6. The van der Waals surface area contributed by atoms with Gasteiger partial charge >= 0.3 is 6.03 Å². The number of carbonyl (C=O) groups is 2. The van der Waals surface area contributed by atoms with E-state index in [9.17, 15) is 31.5 Å². The van der Waals surface area contributed by atoms with Crippen LogP contribution < -0.4 is 5.32 Å². The van der Waals surface area contributed by atoms with E-state index in [1.165, 1.54) is 6.92 Å². The molecule has 1 atom stereocenters. The van der Waals surface area contributed by atoms with Crippen molar-refractivity contribution >= 4 is 11.9 Å². The van der Waals surface area contributed by atoms with Crippen LogP contribution in [0.5, 0.6) is 0 Å². The van der Waals surface area contributed by atoms with E-state index in [-0.39, 0.29) is 0 Å². The van der Waals surface area contributed by atoms with Crippen LogP contribution in [-0.4, -0.2) is 16.8 Å². The zero-order valence-electron chi connectivity index (χ0n) is 14.2. The molecule has 2 aromatic carbocycles. The number of aryl methyl sites for hydroxylation is 1. The van der Waals surface area contributed by atoms with E-state index in [1.54, 1.807) is 24.3 Å². The third-order valence-electron chi connectivity index (χ3n) is 4.52. The highest BCUT2D eigenvalue weighted by atomic mass is 19.2. The molecule has 9 heteroatoms. The second-order valence-electron chi connectivity index (χ2n) is 6.36. The number of hydrogen-bond donors (Lipinski definition) is 1. The Kier molecular flexibility index (Phi) is 4.41. The summed E-state index contributed by atoms with van der Waals surface area (Å²) in [6.07, 6.45) is 0. The highest BCUT2D eigenvalue weighted by molar-refractivity contribution is 6.07. The van der Waals surface area contributed by atoms with Crippen molar-refractivity contribution < 1.29 is 31.5 Å². The van der Waals surface area contributed by atoms with E-state index >= 15 is 0 Å². The summed E-state index contributed by atoms with van der Waals surface area (Å²) in [5.41, 5.74) is -1.48. The van der Waals surface area contributed by atoms with Crippen LogP contribution in [0.4, 0.5) is 26.7 Å². The van der Waals surface area contributed by atoms with Gasteiger partial charge in [0.1, 0.15) is 5.54 Å². The van der Waals surface area contributed by atoms with Gasteiger partial charge in [0.25, 0.3) is 5.91 Å². The maximum Gasteiger partial charge on any atom is 0.325 e. The molecule has 1 N–H and O–H groups in total. The number of hydrogen-bond acceptors (Lipinski definition) is 2. The third-order valence-corrected chi connectivity index (χ3v) is 4.52. The summed E-state index contributed by atoms with van der Waals surface area (Å²) in [5, 5.41) is 2.40. The van der Waals surface area contributed by atoms with Gasteiger partial charge in [0.05, 0.1) is 6.54 Å². The topological polar surface area (TPSA) is 49.4 Å². The Morgan fingerprint density at radius 2 is 1.37 bits per heavy atom. The Morgan fingerprint density at radius 3 is 1.89 bits per heavy atom. The second-order valence-corrected chi connectivity index (χ2v) is 6.36. The molecule has 0 saturated carbocycles. The Hall–Kier alpha value is -2.97. The first kappa shape index (κ1) is 18.8. The van der Waals surface area contributed by atoms with Gasteiger partial charge in [-0.1, -0.05) is 29.8 Å². The van der Waals surface area contributed by atoms with Gasteiger partial charge in [-0.3, -0.25) is 9.69 Å². The molecule has 0 spiro atoms. The molecule has 142 valence electrons. The molecule has 0 radical (unpaired) electrons. The normalized spacial score (nSPS) is 19.6. The summed E-state index contributed by atoms with van der Waals surface area (Å²) < 4.78 is 67.6. The van der Waals surface area contributed by atoms with E-state index < -0.39 is 58.7 Å². The van der Waals surface area contributed by atoms with Gasteiger partial charge in [-0.15, -0.1) is 0 Å². The van der Waals surface area contributed by atoms with Gasteiger partial charge in [-0.05, 0) is 19.4 Å². The summed E-state index contributed by atoms with van der Waals surface area (Å²) in [6.45, 7) is 2.10. The molecule has 1 heterocycles. The number of imide groups is 1. The first-order valence-corrected chi connectivity index (χ1v) is 7.79. The fourth-order valence-electron chi connectivity index (χ4n) is 2.87. The Balaban J connectivity index is 1.99. The number of urea groups is 1. The van der Waals surface area contributed by atoms with Crippen LogP contribution in [0.25, 0.3) is 0 Å². The Bertz CT molecular complexity index is 932. The van der Waals surface area contributed by atoms with Gasteiger partial charge in [-0.2, -0.15) is 0 Å². The number of halogens is 5. The van der Waals surface area contributed by atoms with Crippen LogP contribution in [0.15, 0.2) is 24.3 Å². The van der Waals surface area contributed by atoms with Gasteiger partial charge in [-0.25, -0.2) is 26.7 Å². The molecule has 1 saturated heterocycles. The largest absolute Gasteiger partial charge is 0.325 e. The number of amides is 3. The van der Waals surface area contributed by atoms with Crippen molar-refractivity contribution in [3.8, 4) is 0 Å². The van der Waals surface area contributed by atoms with E-state index in [1.807, 2.05) is 6.92 Å². The summed E-state index contributed by atoms with van der Waals surface area (Å²) in [7, 11) is 0. The highest BCUT2D eigenvalue weighted by Gasteiger charge is 2.49. The number of nitrogens with zero attached hydrogens (tertiary/aromatic N) is 1. The lowest BCUT2D eigenvalue weighted by Gasteiger charge is -2.22. The van der Waals surface area contributed by atoms with E-state index in [0.29, 0.717) is 10.5 Å². The predicted octanol–water partition coefficient (Wildman–Crippen LogP) is 3.66. The third kappa shape index (κ3) is 2.83. The van der Waals surface area contributed by atoms with E-state index in [2.05, 4.69) is 5.32 Å². The molecule has 1 aliphatic heterocycles. The molecule has 3 rings (SSSR count). The average Bonchev–Trinajstić information content (AvgIpc) is 2.86. The summed E-state index contributed by atoms with van der Waals surface area (Å²) in [5.74, 6) is -11.6. The minimum Gasteiger partial charge on any atom is -0.319 e. The molecular weight excluding hydrogens is 371 g/mol. The molecule has 3 amide bonds. The van der Waals surface area contributed by atoms with Crippen molar-refractivity contribution in [2.75, 3.05) is 0 Å². The molecule has 27 heavy (non-hydrogen) atoms. The van der Waals surface area contributed by atoms with Gasteiger partial charge in [0, 0.05) is 5.56 Å². The van der Waals surface area contributed by atoms with Crippen molar-refractivity contribution in [1.82, 2.24) is 10.2 Å². The highest BCUT2D eigenvalue weighted by Crippen LogP contribution is 2.31. The standard InChI is InChI=1S/C18H13F5N2O2/c1-8-3-5-9(6-4-8)18(2)16(26)25(17(27)24-18)7-10-11(19)13(21)15(23)14(22)12(10)20/h3-6H,7H2,1-2H3,(H,24,27)/t18-/m0/s1. The monoisotopic (exact) mass is 384 g/mol. The lowest BCUT2D eigenvalue weighted by atomic mass is 9.91. The van der Waals surface area contributed by atoms with Gasteiger partial charge in [0.2, 0.25) is 5.82 Å². The predicted molar refractivity (Wildman–Crippen MR) is 83.8 cm³/mol. The second kappa shape index (κ2) is 6.33. The lowest BCUT2D eigenvalue weighted by Crippen LogP contribution is -2.40. The van der Waals surface area contributed by atoms with Crippen LogP contribution >= 0.6 is 0 Å². The van der Waals surface area contributed by atoms with Crippen molar-refractivity contribution in [1.29, 1.82) is 0 Å². The van der Waals surface area contributed by atoms with Crippen LogP contribution in [0, 0.1) is 36.0 Å². The molecule has 0 bridgehead atoms. The minimum absolute atomic E-state index is 0.409. The average molecular weight is 384 g/mol. The van der Waals surface area contributed by atoms with Crippen LogP contribution in [0.2, 0.25) is 0 Å². The van der Waals surface area contributed by atoms with E-state index in [4.69, 9.17) is 0 Å². The fourth-order valence-corrected chi connectivity index (χ4v) is 2.87. The molecule has 0 aliphatic carbocycles. The Labute approximate surface area is 150 Å². The van der Waals surface area contributed by atoms with E-state index in [0.717, 1.165) is 5.56 Å². The zero-order chi connectivity index (χ0) is 20.1. The maximum absolute atomic E-state index is 13.9. The quantitative estimate of drug-likeness (QED) is 0.380. The fraction of sp³-hybridized carbons (Fsp3) is 0.222. The molecular formula is C18H13F5N2O2. The molecule has 0 aromatic heterocycles.